The Morgan fingerprint density at radius 3 is 2.09 bits per heavy atom. The van der Waals surface area contributed by atoms with Crippen molar-refractivity contribution in [1.82, 2.24) is 0 Å². The van der Waals surface area contributed by atoms with Gasteiger partial charge in [0.25, 0.3) is 0 Å². The fourth-order valence-corrected chi connectivity index (χ4v) is 6.09. The monoisotopic (exact) mass is 320 g/mol. The maximum Gasteiger partial charge on any atom is 0.126 e. The predicted octanol–water partition coefficient (Wildman–Crippen LogP) is 5.00. The minimum absolute atomic E-state index is 0.00348. The largest absolute Gasteiger partial charge is 0.507 e. The quantitative estimate of drug-likeness (QED) is 0.805. The minimum Gasteiger partial charge on any atom is -0.507 e. The molecule has 0 aliphatic heterocycles. The van der Waals surface area contributed by atoms with Gasteiger partial charge in [-0.3, -0.25) is 0 Å². The van der Waals surface area contributed by atoms with Crippen LogP contribution in [-0.4, -0.2) is 16.4 Å². The van der Waals surface area contributed by atoms with Crippen LogP contribution in [0.25, 0.3) is 11.1 Å². The first-order chi connectivity index (χ1) is 10.3. The topological polar surface area (TPSA) is 37.3 Å². The van der Waals surface area contributed by atoms with Gasteiger partial charge in [0.05, 0.1) is 0 Å². The fraction of sp³-hybridized carbons (Fsp3) is 0.333. The molecule has 2 nitrogen and oxygen atoms in total. The molecule has 0 heterocycles. The van der Waals surface area contributed by atoms with E-state index in [2.05, 4.69) is 0 Å². The average Bonchev–Trinajstić information content (AvgIpc) is 2.46. The summed E-state index contributed by atoms with van der Waals surface area (Å²) in [5.74, 6) is -0.624. The van der Waals surface area contributed by atoms with E-state index in [1.807, 2.05) is 52.0 Å². The molecule has 2 rings (SSSR count). The van der Waals surface area contributed by atoms with Crippen LogP contribution in [0.4, 0.5) is 4.39 Å². The number of halogens is 1. The molecule has 0 saturated heterocycles. The van der Waals surface area contributed by atoms with Crippen LogP contribution in [0.2, 0.25) is 0 Å². The highest BCUT2D eigenvalue weighted by molar-refractivity contribution is 7.73. The van der Waals surface area contributed by atoms with E-state index in [4.69, 9.17) is 0 Å². The molecule has 0 bridgehead atoms. The van der Waals surface area contributed by atoms with Crippen LogP contribution in [0.15, 0.2) is 42.5 Å². The van der Waals surface area contributed by atoms with Gasteiger partial charge in [-0.15, -0.1) is 0 Å². The van der Waals surface area contributed by atoms with Gasteiger partial charge in [-0.1, -0.05) is 52.0 Å². The van der Waals surface area contributed by atoms with Crippen LogP contribution in [-0.2, 0) is 4.57 Å². The van der Waals surface area contributed by atoms with Gasteiger partial charge in [0.15, 0.2) is 0 Å². The van der Waals surface area contributed by atoms with E-state index in [1.165, 1.54) is 12.1 Å². The summed E-state index contributed by atoms with van der Waals surface area (Å²) in [7, 11) is -2.66. The summed E-state index contributed by atoms with van der Waals surface area (Å²) in [6, 6.07) is 11.3. The first kappa shape index (κ1) is 16.8. The third kappa shape index (κ3) is 2.83. The Labute approximate surface area is 131 Å². The first-order valence-electron chi connectivity index (χ1n) is 7.46. The first-order valence-corrected chi connectivity index (χ1v) is 9.31. The Balaban J connectivity index is 2.73. The summed E-state index contributed by atoms with van der Waals surface area (Å²) in [5.41, 5.74) is 1.22. The Hall–Kier alpha value is -1.60. The zero-order chi connectivity index (χ0) is 16.5. The lowest BCUT2D eigenvalue weighted by atomic mass is 10.0. The molecular weight excluding hydrogens is 298 g/mol. The molecule has 0 aromatic heterocycles. The van der Waals surface area contributed by atoms with Gasteiger partial charge in [-0.05, 0) is 17.7 Å². The van der Waals surface area contributed by atoms with Crippen LogP contribution < -0.4 is 5.30 Å². The van der Waals surface area contributed by atoms with Gasteiger partial charge >= 0.3 is 0 Å². The zero-order valence-corrected chi connectivity index (χ0v) is 14.3. The Kier molecular flexibility index (Phi) is 4.77. The van der Waals surface area contributed by atoms with Gasteiger partial charge in [0, 0.05) is 28.3 Å². The van der Waals surface area contributed by atoms with E-state index in [1.54, 1.807) is 0 Å². The number of phenolic OH excluding ortho intramolecular Hbond substituents is 1. The van der Waals surface area contributed by atoms with Crippen molar-refractivity contribution < 1.29 is 14.1 Å². The van der Waals surface area contributed by atoms with Crippen LogP contribution in [0.5, 0.6) is 5.75 Å². The van der Waals surface area contributed by atoms with E-state index in [0.717, 1.165) is 11.4 Å². The lowest BCUT2D eigenvalue weighted by Gasteiger charge is -2.28. The fourth-order valence-electron chi connectivity index (χ4n) is 2.89. The maximum absolute atomic E-state index is 13.6. The van der Waals surface area contributed by atoms with Crippen molar-refractivity contribution in [1.29, 1.82) is 0 Å². The predicted molar refractivity (Wildman–Crippen MR) is 91.0 cm³/mol. The molecule has 0 unspecified atom stereocenters. The molecule has 0 aliphatic rings. The van der Waals surface area contributed by atoms with Gasteiger partial charge in [0.1, 0.15) is 18.7 Å². The van der Waals surface area contributed by atoms with E-state index in [-0.39, 0.29) is 17.1 Å². The molecule has 2 aromatic rings. The molecule has 0 spiro atoms. The second-order valence-corrected chi connectivity index (χ2v) is 10.0. The number of aromatic hydroxyl groups is 1. The SMILES string of the molecule is CC(C)P(=O)(c1ccccc1-c1ccc(F)cc1O)C(C)C. The molecule has 1 N–H and O–H groups in total. The maximum atomic E-state index is 13.6. The zero-order valence-electron chi connectivity index (χ0n) is 13.4. The smallest absolute Gasteiger partial charge is 0.126 e. The summed E-state index contributed by atoms with van der Waals surface area (Å²) < 4.78 is 26.9. The van der Waals surface area contributed by atoms with Crippen molar-refractivity contribution in [3.05, 3.63) is 48.3 Å². The number of hydrogen-bond acceptors (Lipinski definition) is 2. The molecule has 2 aromatic carbocycles. The van der Waals surface area contributed by atoms with Crippen molar-refractivity contribution in [2.24, 2.45) is 0 Å². The van der Waals surface area contributed by atoms with Crippen LogP contribution in [0.1, 0.15) is 27.7 Å². The molecule has 0 aliphatic carbocycles. The van der Waals surface area contributed by atoms with E-state index >= 15 is 0 Å². The number of rotatable bonds is 4. The molecule has 0 saturated carbocycles. The highest BCUT2D eigenvalue weighted by atomic mass is 31.2. The third-order valence-electron chi connectivity index (χ3n) is 4.06. The van der Waals surface area contributed by atoms with Crippen LogP contribution >= 0.6 is 7.14 Å². The molecule has 0 fully saturated rings. The van der Waals surface area contributed by atoms with Gasteiger partial charge in [0.2, 0.25) is 0 Å². The summed E-state index contributed by atoms with van der Waals surface area (Å²) in [6.07, 6.45) is 0. The van der Waals surface area contributed by atoms with E-state index < -0.39 is 13.0 Å². The van der Waals surface area contributed by atoms with E-state index in [9.17, 15) is 14.1 Å². The number of benzene rings is 2. The lowest BCUT2D eigenvalue weighted by Crippen LogP contribution is -2.21. The van der Waals surface area contributed by atoms with Crippen molar-refractivity contribution in [2.45, 2.75) is 39.0 Å². The molecule has 22 heavy (non-hydrogen) atoms. The Morgan fingerprint density at radius 2 is 1.55 bits per heavy atom. The van der Waals surface area contributed by atoms with Crippen LogP contribution in [0.3, 0.4) is 0 Å². The molecule has 4 heteroatoms. The van der Waals surface area contributed by atoms with Gasteiger partial charge in [-0.25, -0.2) is 4.39 Å². The number of phenols is 1. The molecule has 118 valence electrons. The Bertz CT molecular complexity index is 711. The van der Waals surface area contributed by atoms with Crippen molar-refractivity contribution in [3.63, 3.8) is 0 Å². The lowest BCUT2D eigenvalue weighted by molar-refractivity contribution is 0.471. The second kappa shape index (κ2) is 6.26. The highest BCUT2D eigenvalue weighted by Crippen LogP contribution is 2.55. The molecule has 0 amide bonds. The summed E-state index contributed by atoms with van der Waals surface area (Å²) in [6.45, 7) is 7.84. The minimum atomic E-state index is -2.66. The average molecular weight is 320 g/mol. The summed E-state index contributed by atoms with van der Waals surface area (Å²) >= 11 is 0. The Morgan fingerprint density at radius 1 is 0.955 bits per heavy atom. The summed E-state index contributed by atoms with van der Waals surface area (Å²) in [5, 5.41) is 10.8. The standard InChI is InChI=1S/C18H22FO2P/c1-12(2)22(21,13(3)4)18-8-6-5-7-16(18)15-10-9-14(19)11-17(15)20/h5-13,20H,1-4H3. The highest BCUT2D eigenvalue weighted by Gasteiger charge is 2.34. The molecular formula is C18H22FO2P. The molecule has 0 atom stereocenters. The van der Waals surface area contributed by atoms with E-state index in [0.29, 0.717) is 11.1 Å². The van der Waals surface area contributed by atoms with Crippen LogP contribution in [0, 0.1) is 5.82 Å². The van der Waals surface area contributed by atoms with Gasteiger partial charge in [-0.2, -0.15) is 0 Å². The second-order valence-electron chi connectivity index (χ2n) is 6.08. The van der Waals surface area contributed by atoms with Crippen molar-refractivity contribution in [3.8, 4) is 16.9 Å². The molecule has 0 radical (unpaired) electrons. The normalized spacial score (nSPS) is 12.1. The van der Waals surface area contributed by atoms with Crippen molar-refractivity contribution in [2.75, 3.05) is 0 Å². The summed E-state index contributed by atoms with van der Waals surface area (Å²) in [4.78, 5) is 0. The van der Waals surface area contributed by atoms with Gasteiger partial charge < -0.3 is 9.67 Å². The third-order valence-corrected chi connectivity index (χ3v) is 8.28. The number of hydrogen-bond donors (Lipinski definition) is 1. The van der Waals surface area contributed by atoms with Crippen molar-refractivity contribution >= 4 is 12.4 Å².